The monoisotopic (exact) mass is 246 g/mol. The van der Waals surface area contributed by atoms with Gasteiger partial charge in [-0.15, -0.1) is 0 Å². The number of aromatic nitrogens is 2. The Kier molecular flexibility index (Phi) is 2.06. The van der Waals surface area contributed by atoms with Crippen molar-refractivity contribution >= 4 is 16.4 Å². The van der Waals surface area contributed by atoms with E-state index in [-0.39, 0.29) is 0 Å². The van der Waals surface area contributed by atoms with E-state index in [1.807, 2.05) is 0 Å². The van der Waals surface area contributed by atoms with Crippen LogP contribution in [-0.2, 0) is 7.05 Å². The normalized spacial score (nSPS) is 11.4. The van der Waals surface area contributed by atoms with Crippen LogP contribution in [0.25, 0.3) is 27.7 Å². The lowest BCUT2D eigenvalue weighted by molar-refractivity contribution is 0.970. The van der Waals surface area contributed by atoms with Gasteiger partial charge in [-0.25, -0.2) is 0 Å². The number of benzene rings is 2. The van der Waals surface area contributed by atoms with E-state index in [1.165, 1.54) is 27.7 Å². The molecule has 19 heavy (non-hydrogen) atoms. The van der Waals surface area contributed by atoms with Crippen LogP contribution in [0, 0.1) is 0 Å². The number of fused-ring (bicyclic) bond motifs is 3. The smallest absolute Gasteiger partial charge is 0.125 e. The van der Waals surface area contributed by atoms with Gasteiger partial charge in [-0.2, -0.15) is 0 Å². The molecule has 2 aromatic heterocycles. The molecule has 0 bridgehead atoms. The lowest BCUT2D eigenvalue weighted by Gasteiger charge is -2.03. The van der Waals surface area contributed by atoms with E-state index in [1.54, 1.807) is 0 Å². The Labute approximate surface area is 111 Å². The summed E-state index contributed by atoms with van der Waals surface area (Å²) in [7, 11) is 2.13. The minimum Gasteiger partial charge on any atom is -0.328 e. The summed E-state index contributed by atoms with van der Waals surface area (Å²) in [5, 5.41) is 2.58. The highest BCUT2D eigenvalue weighted by molar-refractivity contribution is 5.96. The first-order valence-corrected chi connectivity index (χ1v) is 6.45. The molecule has 0 unspecified atom stereocenters. The number of hydrogen-bond donors (Lipinski definition) is 0. The topological polar surface area (TPSA) is 9.34 Å². The fourth-order valence-electron chi connectivity index (χ4n) is 2.83. The first-order chi connectivity index (χ1) is 9.34. The first kappa shape index (κ1) is 10.4. The van der Waals surface area contributed by atoms with Gasteiger partial charge >= 0.3 is 0 Å². The molecule has 0 aliphatic carbocycles. The highest BCUT2D eigenvalue weighted by Gasteiger charge is 2.11. The molecule has 2 nitrogen and oxygen atoms in total. The van der Waals surface area contributed by atoms with Crippen molar-refractivity contribution in [2.75, 3.05) is 0 Å². The van der Waals surface area contributed by atoms with Crippen molar-refractivity contribution in [2.24, 2.45) is 7.05 Å². The molecule has 0 fully saturated rings. The van der Waals surface area contributed by atoms with E-state index >= 15 is 0 Å². The van der Waals surface area contributed by atoms with Crippen molar-refractivity contribution < 1.29 is 0 Å². The van der Waals surface area contributed by atoms with Crippen molar-refractivity contribution in [3.63, 3.8) is 0 Å². The maximum absolute atomic E-state index is 2.26. The van der Waals surface area contributed by atoms with E-state index in [2.05, 4.69) is 83.0 Å². The zero-order chi connectivity index (χ0) is 12.8. The average molecular weight is 246 g/mol. The van der Waals surface area contributed by atoms with Crippen LogP contribution < -0.4 is 0 Å². The van der Waals surface area contributed by atoms with Gasteiger partial charge < -0.3 is 8.97 Å². The summed E-state index contributed by atoms with van der Waals surface area (Å²) in [6, 6.07) is 19.0. The molecule has 2 heteroatoms. The van der Waals surface area contributed by atoms with Gasteiger partial charge in [0.15, 0.2) is 0 Å². The lowest BCUT2D eigenvalue weighted by atomic mass is 10.1. The third-order valence-corrected chi connectivity index (χ3v) is 3.73. The second-order valence-corrected chi connectivity index (χ2v) is 4.89. The lowest BCUT2D eigenvalue weighted by Crippen LogP contribution is -1.91. The maximum atomic E-state index is 2.26. The van der Waals surface area contributed by atoms with E-state index in [9.17, 15) is 0 Å². The second-order valence-electron chi connectivity index (χ2n) is 4.89. The Balaban J connectivity index is 2.08. The number of aryl methyl sites for hydroxylation is 1. The molecule has 4 aromatic rings. The van der Waals surface area contributed by atoms with Crippen LogP contribution in [-0.4, -0.2) is 8.97 Å². The largest absolute Gasteiger partial charge is 0.328 e. The molecule has 0 saturated heterocycles. The zero-order valence-corrected chi connectivity index (χ0v) is 10.7. The molecule has 0 N–H and O–H groups in total. The highest BCUT2D eigenvalue weighted by atomic mass is 15.1. The number of hydrogen-bond acceptors (Lipinski definition) is 0. The average Bonchev–Trinajstić information content (AvgIpc) is 2.97. The fraction of sp³-hybridized carbons (Fsp3) is 0.0588. The van der Waals surface area contributed by atoms with Crippen molar-refractivity contribution in [1.29, 1.82) is 0 Å². The zero-order valence-electron chi connectivity index (χ0n) is 10.7. The van der Waals surface area contributed by atoms with E-state index < -0.39 is 0 Å². The van der Waals surface area contributed by atoms with Crippen molar-refractivity contribution in [3.8, 4) is 11.3 Å². The third-order valence-electron chi connectivity index (χ3n) is 3.73. The quantitative estimate of drug-likeness (QED) is 0.478. The Hall–Kier alpha value is -2.48. The van der Waals surface area contributed by atoms with Crippen LogP contribution in [0.4, 0.5) is 0 Å². The van der Waals surface area contributed by atoms with Gasteiger partial charge in [0.05, 0.1) is 5.69 Å². The molecule has 4 rings (SSSR count). The standard InChI is InChI=1S/C17H14N2/c1-18-16(13-7-3-2-4-8-13)12-19-11-14-9-5-6-10-15(14)17(18)19/h2-12H,1H3. The molecule has 0 aliphatic rings. The Morgan fingerprint density at radius 1 is 0.789 bits per heavy atom. The van der Waals surface area contributed by atoms with Crippen molar-refractivity contribution in [3.05, 3.63) is 67.0 Å². The fourth-order valence-corrected chi connectivity index (χ4v) is 2.83. The van der Waals surface area contributed by atoms with Gasteiger partial charge in [-0.05, 0) is 5.56 Å². The summed E-state index contributed by atoms with van der Waals surface area (Å²) >= 11 is 0. The molecule has 92 valence electrons. The van der Waals surface area contributed by atoms with Crippen LogP contribution in [0.3, 0.4) is 0 Å². The third kappa shape index (κ3) is 1.43. The molecule has 0 spiro atoms. The Morgan fingerprint density at radius 2 is 1.53 bits per heavy atom. The summed E-state index contributed by atoms with van der Waals surface area (Å²) in [6.07, 6.45) is 4.39. The van der Waals surface area contributed by atoms with Crippen LogP contribution in [0.15, 0.2) is 67.0 Å². The Bertz CT molecular complexity index is 866. The number of imidazole rings is 1. The summed E-state index contributed by atoms with van der Waals surface area (Å²) in [4.78, 5) is 0. The second kappa shape index (κ2) is 3.75. The van der Waals surface area contributed by atoms with Gasteiger partial charge in [0.25, 0.3) is 0 Å². The minimum absolute atomic E-state index is 1.24. The molecule has 2 aromatic carbocycles. The van der Waals surface area contributed by atoms with Crippen LogP contribution >= 0.6 is 0 Å². The predicted molar refractivity (Wildman–Crippen MR) is 79.3 cm³/mol. The molecule has 0 saturated carbocycles. The molecule has 0 atom stereocenters. The maximum Gasteiger partial charge on any atom is 0.125 e. The van der Waals surface area contributed by atoms with Crippen molar-refractivity contribution in [1.82, 2.24) is 8.97 Å². The van der Waals surface area contributed by atoms with E-state index in [0.717, 1.165) is 0 Å². The molecule has 0 aliphatic heterocycles. The summed E-state index contributed by atoms with van der Waals surface area (Å²) in [5.74, 6) is 0. The number of nitrogens with zero attached hydrogens (tertiary/aromatic N) is 2. The van der Waals surface area contributed by atoms with Gasteiger partial charge in [0, 0.05) is 30.2 Å². The summed E-state index contributed by atoms with van der Waals surface area (Å²) < 4.78 is 4.48. The van der Waals surface area contributed by atoms with Crippen LogP contribution in [0.2, 0.25) is 0 Å². The Morgan fingerprint density at radius 3 is 2.37 bits per heavy atom. The summed E-state index contributed by atoms with van der Waals surface area (Å²) in [5.41, 5.74) is 3.73. The van der Waals surface area contributed by atoms with Crippen LogP contribution in [0.1, 0.15) is 0 Å². The van der Waals surface area contributed by atoms with Gasteiger partial charge in [0.2, 0.25) is 0 Å². The van der Waals surface area contributed by atoms with E-state index in [4.69, 9.17) is 0 Å². The molecule has 0 amide bonds. The highest BCUT2D eigenvalue weighted by Crippen LogP contribution is 2.28. The molecular formula is C17H14N2. The van der Waals surface area contributed by atoms with Gasteiger partial charge in [-0.1, -0.05) is 54.6 Å². The molecular weight excluding hydrogens is 232 g/mol. The SMILES string of the molecule is Cn1c(-c2ccccc2)cn2cc3ccccc3c12. The van der Waals surface area contributed by atoms with Gasteiger partial charge in [0.1, 0.15) is 5.65 Å². The van der Waals surface area contributed by atoms with Crippen molar-refractivity contribution in [2.45, 2.75) is 0 Å². The van der Waals surface area contributed by atoms with Gasteiger partial charge in [-0.3, -0.25) is 0 Å². The number of rotatable bonds is 1. The molecule has 0 radical (unpaired) electrons. The minimum atomic E-state index is 1.24. The first-order valence-electron chi connectivity index (χ1n) is 6.45. The summed E-state index contributed by atoms with van der Waals surface area (Å²) in [6.45, 7) is 0. The van der Waals surface area contributed by atoms with Crippen LogP contribution in [0.5, 0.6) is 0 Å². The molecule has 2 heterocycles. The van der Waals surface area contributed by atoms with E-state index in [0.29, 0.717) is 0 Å². The predicted octanol–water partition coefficient (Wildman–Crippen LogP) is 4.10.